The summed E-state index contributed by atoms with van der Waals surface area (Å²) < 4.78 is 6.61. The Morgan fingerprint density at radius 3 is 1.98 bits per heavy atom. The van der Waals surface area contributed by atoms with Gasteiger partial charge in [0.1, 0.15) is 11.2 Å². The summed E-state index contributed by atoms with van der Waals surface area (Å²) in [5.74, 6) is 0. The zero-order valence-corrected chi connectivity index (χ0v) is 31.4. The SMILES string of the molecule is C/C=C\C.C=CC1=C(c2ccccc2CN=C(C=N)c2ccc(-c3cc(-c4ccccc4)cc4c3oc3ccc(-c5ccccc5)cc34)cc2)C=CCC=C1. The Hall–Kier alpha value is -6.84. The van der Waals surface area contributed by atoms with E-state index in [0.29, 0.717) is 12.3 Å². The summed E-state index contributed by atoms with van der Waals surface area (Å²) in [6.07, 6.45) is 16.8. The summed E-state index contributed by atoms with van der Waals surface area (Å²) in [5.41, 5.74) is 14.4. The lowest BCUT2D eigenvalue weighted by Crippen LogP contribution is -2.03. The molecule has 1 aromatic heterocycles. The molecule has 0 atom stereocenters. The second-order valence-corrected chi connectivity index (χ2v) is 13.3. The largest absolute Gasteiger partial charge is 0.455 e. The number of hydrogen-bond acceptors (Lipinski definition) is 3. The molecule has 3 nitrogen and oxygen atoms in total. The summed E-state index contributed by atoms with van der Waals surface area (Å²) in [5, 5.41) is 10.5. The van der Waals surface area contributed by atoms with E-state index in [1.54, 1.807) is 0 Å². The third-order valence-corrected chi connectivity index (χ3v) is 9.86. The molecule has 0 amide bonds. The molecule has 55 heavy (non-hydrogen) atoms. The summed E-state index contributed by atoms with van der Waals surface area (Å²) >= 11 is 0. The number of aliphatic imine (C=N–C) groups is 1. The van der Waals surface area contributed by atoms with Gasteiger partial charge < -0.3 is 9.83 Å². The predicted molar refractivity (Wildman–Crippen MR) is 236 cm³/mol. The smallest absolute Gasteiger partial charge is 0.143 e. The van der Waals surface area contributed by atoms with E-state index in [2.05, 4.69) is 152 Å². The lowest BCUT2D eigenvalue weighted by atomic mass is 9.94. The van der Waals surface area contributed by atoms with Crippen LogP contribution < -0.4 is 0 Å². The molecule has 0 radical (unpaired) electrons. The highest BCUT2D eigenvalue weighted by atomic mass is 16.3. The van der Waals surface area contributed by atoms with Crippen molar-refractivity contribution in [2.24, 2.45) is 4.99 Å². The van der Waals surface area contributed by atoms with Crippen molar-refractivity contribution < 1.29 is 4.42 Å². The first-order valence-corrected chi connectivity index (χ1v) is 18.7. The highest BCUT2D eigenvalue weighted by molar-refractivity contribution is 6.37. The van der Waals surface area contributed by atoms with Crippen LogP contribution in [0.3, 0.4) is 0 Å². The highest BCUT2D eigenvalue weighted by Gasteiger charge is 2.17. The second kappa shape index (κ2) is 17.3. The molecule has 1 aliphatic carbocycles. The lowest BCUT2D eigenvalue weighted by molar-refractivity contribution is 0.670. The number of furan rings is 1. The molecule has 0 unspecified atom stereocenters. The van der Waals surface area contributed by atoms with Gasteiger partial charge in [0.25, 0.3) is 0 Å². The topological polar surface area (TPSA) is 49.4 Å². The molecule has 1 aliphatic rings. The van der Waals surface area contributed by atoms with E-state index in [0.717, 1.165) is 84.0 Å². The molecule has 3 heteroatoms. The highest BCUT2D eigenvalue weighted by Crippen LogP contribution is 2.41. The van der Waals surface area contributed by atoms with Crippen molar-refractivity contribution in [1.82, 2.24) is 0 Å². The molecule has 1 heterocycles. The molecule has 0 aliphatic heterocycles. The van der Waals surface area contributed by atoms with Gasteiger partial charge >= 0.3 is 0 Å². The van der Waals surface area contributed by atoms with E-state index in [-0.39, 0.29) is 0 Å². The minimum Gasteiger partial charge on any atom is -0.455 e. The van der Waals surface area contributed by atoms with Crippen LogP contribution in [-0.4, -0.2) is 11.9 Å². The monoisotopic (exact) mass is 712 g/mol. The number of nitrogens with zero attached hydrogens (tertiary/aromatic N) is 1. The fraction of sp³-hybridized carbons (Fsp3) is 0.0769. The molecular weight excluding hydrogens is 669 g/mol. The van der Waals surface area contributed by atoms with Crippen LogP contribution in [0.15, 0.2) is 204 Å². The van der Waals surface area contributed by atoms with E-state index in [4.69, 9.17) is 14.8 Å². The number of hydrogen-bond donors (Lipinski definition) is 1. The normalized spacial score (nSPS) is 12.9. The Balaban J connectivity index is 0.00000111. The molecule has 0 saturated carbocycles. The summed E-state index contributed by atoms with van der Waals surface area (Å²) in [7, 11) is 0. The molecule has 0 fully saturated rings. The molecule has 0 saturated heterocycles. The van der Waals surface area contributed by atoms with Crippen LogP contribution in [0.2, 0.25) is 0 Å². The first-order valence-electron chi connectivity index (χ1n) is 18.7. The fourth-order valence-electron chi connectivity index (χ4n) is 6.90. The maximum Gasteiger partial charge on any atom is 0.143 e. The molecule has 268 valence electrons. The first-order chi connectivity index (χ1) is 27.1. The number of allylic oxidation sites excluding steroid dienone is 9. The Bertz CT molecular complexity index is 2610. The Morgan fingerprint density at radius 1 is 0.655 bits per heavy atom. The third-order valence-electron chi connectivity index (χ3n) is 9.86. The van der Waals surface area contributed by atoms with E-state index < -0.39 is 0 Å². The van der Waals surface area contributed by atoms with Gasteiger partial charge in [0, 0.05) is 28.1 Å². The zero-order chi connectivity index (χ0) is 38.0. The van der Waals surface area contributed by atoms with Gasteiger partial charge in [-0.25, -0.2) is 0 Å². The minimum absolute atomic E-state index is 0.456. The quantitative estimate of drug-likeness (QED) is 0.118. The van der Waals surface area contributed by atoms with E-state index in [1.807, 2.05) is 50.3 Å². The van der Waals surface area contributed by atoms with Crippen molar-refractivity contribution in [3.05, 3.63) is 211 Å². The van der Waals surface area contributed by atoms with Gasteiger partial charge in [0.2, 0.25) is 0 Å². The Kier molecular flexibility index (Phi) is 11.5. The van der Waals surface area contributed by atoms with Crippen LogP contribution in [0, 0.1) is 5.41 Å². The number of fused-ring (bicyclic) bond motifs is 3. The maximum absolute atomic E-state index is 8.28. The molecule has 0 bridgehead atoms. The van der Waals surface area contributed by atoms with Crippen LogP contribution in [-0.2, 0) is 6.54 Å². The Labute approximate surface area is 324 Å². The molecule has 1 N–H and O–H groups in total. The van der Waals surface area contributed by atoms with Crippen molar-refractivity contribution in [2.75, 3.05) is 0 Å². The van der Waals surface area contributed by atoms with Gasteiger partial charge in [-0.3, -0.25) is 4.99 Å². The zero-order valence-electron chi connectivity index (χ0n) is 31.4. The number of benzene rings is 6. The average molecular weight is 713 g/mol. The third kappa shape index (κ3) is 8.07. The predicted octanol–water partition coefficient (Wildman–Crippen LogP) is 14.3. The van der Waals surface area contributed by atoms with Gasteiger partial charge in [0.15, 0.2) is 0 Å². The minimum atomic E-state index is 0.456. The second-order valence-electron chi connectivity index (χ2n) is 13.3. The molecule has 6 aromatic carbocycles. The van der Waals surface area contributed by atoms with Gasteiger partial charge in [-0.1, -0.05) is 164 Å². The van der Waals surface area contributed by atoms with Crippen molar-refractivity contribution >= 4 is 39.4 Å². The summed E-state index contributed by atoms with van der Waals surface area (Å²) in [6, 6.07) is 48.5. The molecule has 7 aromatic rings. The van der Waals surface area contributed by atoms with E-state index in [9.17, 15) is 0 Å². The molecule has 8 rings (SSSR count). The lowest BCUT2D eigenvalue weighted by Gasteiger charge is -2.12. The van der Waals surface area contributed by atoms with Gasteiger partial charge in [-0.05, 0) is 94.6 Å². The molecule has 0 spiro atoms. The molecular formula is C52H44N2O. The van der Waals surface area contributed by atoms with Crippen LogP contribution in [0.25, 0.3) is 60.9 Å². The average Bonchev–Trinajstić information content (AvgIpc) is 3.45. The van der Waals surface area contributed by atoms with Crippen molar-refractivity contribution in [1.29, 1.82) is 5.41 Å². The van der Waals surface area contributed by atoms with Gasteiger partial charge in [-0.15, -0.1) is 0 Å². The number of nitrogens with one attached hydrogen (secondary N) is 1. The van der Waals surface area contributed by atoms with Crippen LogP contribution in [0.5, 0.6) is 0 Å². The summed E-state index contributed by atoms with van der Waals surface area (Å²) in [6.45, 7) is 8.50. The first kappa shape index (κ1) is 36.5. The van der Waals surface area contributed by atoms with Gasteiger partial charge in [0.05, 0.1) is 12.3 Å². The van der Waals surface area contributed by atoms with Crippen molar-refractivity contribution in [3.8, 4) is 33.4 Å². The standard InChI is InChI=1S/C48H36N2O.C4H8/c1-2-33-14-6-5-11-20-41(33)42-21-13-12-19-39(42)32-50-46(31-49)37-24-22-36(23-25-37)43-29-40(35-17-9-4-10-18-35)30-45-44-28-38(34-15-7-3-8-16-34)26-27-47(44)51-48(43)45;1-3-4-2/h2-4,6-31,49H,1,5,32H2;3-4H,1-2H3/b;4-3-. The summed E-state index contributed by atoms with van der Waals surface area (Å²) in [4.78, 5) is 4.95. The number of rotatable bonds is 9. The van der Waals surface area contributed by atoms with Crippen LogP contribution in [0.4, 0.5) is 0 Å². The fourth-order valence-corrected chi connectivity index (χ4v) is 6.90. The van der Waals surface area contributed by atoms with Crippen LogP contribution >= 0.6 is 0 Å². The van der Waals surface area contributed by atoms with Crippen molar-refractivity contribution in [2.45, 2.75) is 26.8 Å². The van der Waals surface area contributed by atoms with E-state index >= 15 is 0 Å². The van der Waals surface area contributed by atoms with Gasteiger partial charge in [-0.2, -0.15) is 0 Å². The Morgan fingerprint density at radius 2 is 1.29 bits per heavy atom. The maximum atomic E-state index is 8.28. The van der Waals surface area contributed by atoms with E-state index in [1.165, 1.54) is 11.8 Å². The van der Waals surface area contributed by atoms with Crippen LogP contribution in [0.1, 0.15) is 37.0 Å². The van der Waals surface area contributed by atoms with Crippen molar-refractivity contribution in [3.63, 3.8) is 0 Å².